The topological polar surface area (TPSA) is 55.3 Å². The van der Waals surface area contributed by atoms with Crippen molar-refractivity contribution in [2.75, 3.05) is 29.7 Å². The Morgan fingerprint density at radius 3 is 1.45 bits per heavy atom. The highest BCUT2D eigenvalue weighted by molar-refractivity contribution is 8.15. The van der Waals surface area contributed by atoms with Crippen molar-refractivity contribution in [1.29, 1.82) is 0 Å². The van der Waals surface area contributed by atoms with E-state index in [2.05, 4.69) is 11.5 Å². The van der Waals surface area contributed by atoms with E-state index in [-0.39, 0.29) is 24.8 Å². The van der Waals surface area contributed by atoms with Crippen molar-refractivity contribution in [3.63, 3.8) is 0 Å². The second kappa shape index (κ2) is 17.3. The Hall–Kier alpha value is 1.20. The fourth-order valence-corrected chi connectivity index (χ4v) is 2.20. The first-order valence-electron chi connectivity index (χ1n) is 3.15. The Labute approximate surface area is 89.4 Å². The van der Waals surface area contributed by atoms with Gasteiger partial charge in [0, 0.05) is 16.6 Å². The molecule has 11 heavy (non-hydrogen) atoms. The number of halogens is 2. The Balaban J connectivity index is -0.000000320. The van der Waals surface area contributed by atoms with Crippen LogP contribution in [-0.2, 0) is 0 Å². The molecule has 0 saturated heterocycles. The van der Waals surface area contributed by atoms with E-state index in [1.54, 1.807) is 0 Å². The van der Waals surface area contributed by atoms with Crippen LogP contribution >= 0.6 is 23.5 Å². The van der Waals surface area contributed by atoms with E-state index < -0.39 is 0 Å². The van der Waals surface area contributed by atoms with Crippen LogP contribution in [0.4, 0.5) is 0 Å². The molecule has 0 aliphatic heterocycles. The van der Waals surface area contributed by atoms with Gasteiger partial charge in [0.2, 0.25) is 0 Å². The van der Waals surface area contributed by atoms with Crippen LogP contribution < -0.4 is 36.3 Å². The predicted octanol–water partition coefficient (Wildman–Crippen LogP) is -7.10. The zero-order chi connectivity index (χ0) is 6.95. The van der Waals surface area contributed by atoms with Crippen LogP contribution in [0, 0.1) is 0 Å². The summed E-state index contributed by atoms with van der Waals surface area (Å²) in [6, 6.07) is 0. The summed E-state index contributed by atoms with van der Waals surface area (Å²) in [5, 5.41) is 1.21. The van der Waals surface area contributed by atoms with Gasteiger partial charge in [-0.1, -0.05) is 0 Å². The lowest BCUT2D eigenvalue weighted by Gasteiger charge is -1.94. The second-order valence-corrected chi connectivity index (χ2v) is 4.22. The third kappa shape index (κ3) is 18.3. The van der Waals surface area contributed by atoms with Gasteiger partial charge in [0.15, 0.2) is 0 Å². The van der Waals surface area contributed by atoms with Crippen molar-refractivity contribution in [3.8, 4) is 0 Å². The van der Waals surface area contributed by atoms with Gasteiger partial charge in [-0.2, -0.15) is 0 Å². The van der Waals surface area contributed by atoms with Crippen LogP contribution in [0.3, 0.4) is 0 Å². The van der Waals surface area contributed by atoms with E-state index in [4.69, 9.17) is 0 Å². The third-order valence-electron chi connectivity index (χ3n) is 0.744. The van der Waals surface area contributed by atoms with Gasteiger partial charge in [-0.05, 0) is 0 Å². The van der Waals surface area contributed by atoms with Gasteiger partial charge in [0.1, 0.15) is 0 Å². The van der Waals surface area contributed by atoms with Crippen molar-refractivity contribution >= 4 is 23.5 Å². The number of rotatable bonds is 6. The molecule has 0 fully saturated rings. The molecule has 6 heteroatoms. The maximum Gasteiger partial charge on any atom is 0.0832 e. The summed E-state index contributed by atoms with van der Waals surface area (Å²) in [4.78, 5) is 0. The molecule has 2 nitrogen and oxygen atoms in total. The Morgan fingerprint density at radius 1 is 0.818 bits per heavy atom. The summed E-state index contributed by atoms with van der Waals surface area (Å²) in [7, 11) is 0. The monoisotopic (exact) mass is 238 g/mol. The molecule has 0 amide bonds. The van der Waals surface area contributed by atoms with E-state index in [1.165, 1.54) is 16.6 Å². The minimum absolute atomic E-state index is 0. The average molecular weight is 239 g/mol. The van der Waals surface area contributed by atoms with Gasteiger partial charge in [-0.15, -0.1) is 23.5 Å². The summed E-state index contributed by atoms with van der Waals surface area (Å²) in [5.41, 5.74) is 7.52. The van der Waals surface area contributed by atoms with Crippen molar-refractivity contribution in [2.45, 2.75) is 0 Å². The van der Waals surface area contributed by atoms with Gasteiger partial charge in [0.05, 0.1) is 13.1 Å². The third-order valence-corrected chi connectivity index (χ3v) is 3.23. The lowest BCUT2D eigenvalue weighted by Crippen LogP contribution is -3.00. The summed E-state index contributed by atoms with van der Waals surface area (Å²) in [6.07, 6.45) is 0. The van der Waals surface area contributed by atoms with Crippen LogP contribution in [0.25, 0.3) is 0 Å². The fraction of sp³-hybridized carbons (Fsp3) is 1.00. The van der Waals surface area contributed by atoms with Crippen LogP contribution in [0.15, 0.2) is 0 Å². The Kier molecular flexibility index (Phi) is 28.5. The molecule has 0 aromatic heterocycles. The molecule has 0 aromatic carbocycles. The lowest BCUT2D eigenvalue weighted by atomic mass is 10.8. The lowest BCUT2D eigenvalue weighted by molar-refractivity contribution is -0.360. The van der Waals surface area contributed by atoms with E-state index in [1.807, 2.05) is 23.5 Å². The Morgan fingerprint density at radius 2 is 1.18 bits per heavy atom. The first kappa shape index (κ1) is 18.1. The molecule has 0 unspecified atom stereocenters. The van der Waals surface area contributed by atoms with Crippen LogP contribution in [0.5, 0.6) is 0 Å². The van der Waals surface area contributed by atoms with Crippen LogP contribution in [-0.4, -0.2) is 29.7 Å². The number of thioether (sulfide) groups is 2. The smallest absolute Gasteiger partial charge is 0.0832 e. The largest absolute Gasteiger partial charge is 1.00 e. The average Bonchev–Trinajstić information content (AvgIpc) is 1.89. The van der Waals surface area contributed by atoms with E-state index in [0.29, 0.717) is 0 Å². The van der Waals surface area contributed by atoms with Crippen molar-refractivity contribution in [3.05, 3.63) is 0 Å². The molecule has 0 spiro atoms. The van der Waals surface area contributed by atoms with E-state index in [9.17, 15) is 0 Å². The van der Waals surface area contributed by atoms with Crippen LogP contribution in [0.1, 0.15) is 0 Å². The van der Waals surface area contributed by atoms with Crippen molar-refractivity contribution in [1.82, 2.24) is 0 Å². The molecule has 0 aliphatic carbocycles. The summed E-state index contributed by atoms with van der Waals surface area (Å²) in [5.74, 6) is 2.40. The van der Waals surface area contributed by atoms with Crippen molar-refractivity contribution < 1.29 is 36.3 Å². The van der Waals surface area contributed by atoms with Crippen LogP contribution in [0.2, 0.25) is 0 Å². The highest BCUT2D eigenvalue weighted by Gasteiger charge is 1.88. The first-order chi connectivity index (χ1) is 4.41. The van der Waals surface area contributed by atoms with Gasteiger partial charge in [-0.25, -0.2) is 0 Å². The highest BCUT2D eigenvalue weighted by atomic mass is 35.5. The molecule has 0 heterocycles. The number of hydrogen-bond donors (Lipinski definition) is 2. The molecule has 0 radical (unpaired) electrons. The summed E-state index contributed by atoms with van der Waals surface area (Å²) >= 11 is 3.93. The minimum Gasteiger partial charge on any atom is -1.00 e. The molecule has 0 atom stereocenters. The van der Waals surface area contributed by atoms with Gasteiger partial charge >= 0.3 is 0 Å². The molecule has 0 rings (SSSR count). The van der Waals surface area contributed by atoms with Crippen molar-refractivity contribution in [2.24, 2.45) is 0 Å². The maximum atomic E-state index is 3.76. The first-order valence-corrected chi connectivity index (χ1v) is 5.46. The molecule has 0 aromatic rings. The maximum absolute atomic E-state index is 3.76. The fourth-order valence-electron chi connectivity index (χ4n) is 0.381. The van der Waals surface area contributed by atoms with Gasteiger partial charge in [0.25, 0.3) is 0 Å². The number of hydrogen-bond acceptors (Lipinski definition) is 2. The molecule has 0 saturated carbocycles. The normalized spacial score (nSPS) is 8.18. The zero-order valence-corrected chi connectivity index (χ0v) is 9.67. The molecule has 6 N–H and O–H groups in total. The molecule has 72 valence electrons. The standard InChI is InChI=1S/C5H14N2S2.2ClH/c6-1-3-8-5-9-4-2-7;;/h1-7H2;2*1H. The molecular formula is C5H16Cl2N2S2. The summed E-state index contributed by atoms with van der Waals surface area (Å²) in [6.45, 7) is 2.10. The quantitative estimate of drug-likeness (QED) is 0.357. The minimum atomic E-state index is 0. The van der Waals surface area contributed by atoms with E-state index in [0.717, 1.165) is 13.1 Å². The zero-order valence-electron chi connectivity index (χ0n) is 6.52. The van der Waals surface area contributed by atoms with E-state index >= 15 is 0 Å². The molecule has 0 bridgehead atoms. The van der Waals surface area contributed by atoms with Gasteiger partial charge < -0.3 is 36.3 Å². The second-order valence-electron chi connectivity index (χ2n) is 1.64. The summed E-state index contributed by atoms with van der Waals surface area (Å²) < 4.78 is 0. The molecule has 0 aliphatic rings. The van der Waals surface area contributed by atoms with Gasteiger partial charge in [-0.3, -0.25) is 0 Å². The number of quaternary nitrogens is 2. The molecular weight excluding hydrogens is 223 g/mol. The predicted molar refractivity (Wildman–Crippen MR) is 45.3 cm³/mol. The SMILES string of the molecule is [Cl-].[Cl-].[NH3+]CCSCSCC[NH3+]. The highest BCUT2D eigenvalue weighted by Crippen LogP contribution is 2.08. The Bertz CT molecular complexity index is 53.7.